The fourth-order valence-electron chi connectivity index (χ4n) is 1.51. The molecular formula is C12H19N3O4. The molecule has 7 nitrogen and oxygen atoms in total. The summed E-state index contributed by atoms with van der Waals surface area (Å²) >= 11 is 0. The van der Waals surface area contributed by atoms with Crippen LogP contribution in [0.2, 0.25) is 0 Å². The summed E-state index contributed by atoms with van der Waals surface area (Å²) in [6.45, 7) is 1.44. The minimum Gasteiger partial charge on any atom is -0.394 e. The van der Waals surface area contributed by atoms with Crippen molar-refractivity contribution in [2.75, 3.05) is 13.7 Å². The maximum atomic E-state index is 10.9. The van der Waals surface area contributed by atoms with Gasteiger partial charge in [0.25, 0.3) is 5.91 Å². The molecule has 2 unspecified atom stereocenters. The van der Waals surface area contributed by atoms with Gasteiger partial charge in [-0.15, -0.1) is 0 Å². The Morgan fingerprint density at radius 1 is 1.63 bits per heavy atom. The average molecular weight is 269 g/mol. The summed E-state index contributed by atoms with van der Waals surface area (Å²) in [4.78, 5) is 22.6. The first kappa shape index (κ1) is 17.1. The minimum absolute atomic E-state index is 0.0136. The molecule has 2 amide bonds. The molecule has 0 aromatic carbocycles. The molecule has 0 aromatic rings. The Labute approximate surface area is 112 Å². The van der Waals surface area contributed by atoms with Gasteiger partial charge in [0.15, 0.2) is 0 Å². The monoisotopic (exact) mass is 269 g/mol. The van der Waals surface area contributed by atoms with Gasteiger partial charge in [-0.25, -0.2) is 0 Å². The molecule has 1 heterocycles. The Morgan fingerprint density at radius 2 is 2.26 bits per heavy atom. The van der Waals surface area contributed by atoms with Crippen molar-refractivity contribution in [3.05, 3.63) is 12.3 Å². The summed E-state index contributed by atoms with van der Waals surface area (Å²) in [6.07, 6.45) is 4.50. The molecule has 19 heavy (non-hydrogen) atoms. The van der Waals surface area contributed by atoms with Gasteiger partial charge in [-0.1, -0.05) is 0 Å². The lowest BCUT2D eigenvalue weighted by atomic mass is 10.2. The van der Waals surface area contributed by atoms with E-state index in [9.17, 15) is 9.59 Å². The van der Waals surface area contributed by atoms with E-state index in [1.54, 1.807) is 24.2 Å². The summed E-state index contributed by atoms with van der Waals surface area (Å²) < 4.78 is 5.49. The minimum atomic E-state index is -0.474. The SMILES string of the molecule is CC#N.CN(/C=C\C(=O)NC=O)C1CCC(CO)O1. The van der Waals surface area contributed by atoms with E-state index in [0.29, 0.717) is 6.41 Å². The van der Waals surface area contributed by atoms with Crippen molar-refractivity contribution in [1.82, 2.24) is 10.2 Å². The summed E-state index contributed by atoms with van der Waals surface area (Å²) in [5.74, 6) is -0.474. The molecule has 1 aliphatic heterocycles. The zero-order chi connectivity index (χ0) is 14.7. The van der Waals surface area contributed by atoms with E-state index in [1.165, 1.54) is 13.0 Å². The van der Waals surface area contributed by atoms with E-state index in [1.807, 2.05) is 5.32 Å². The van der Waals surface area contributed by atoms with Crippen molar-refractivity contribution < 1.29 is 19.4 Å². The number of hydrogen-bond acceptors (Lipinski definition) is 6. The Hall–Kier alpha value is -1.91. The van der Waals surface area contributed by atoms with Crippen molar-refractivity contribution in [3.8, 4) is 6.07 Å². The van der Waals surface area contributed by atoms with Crippen LogP contribution in [-0.4, -0.2) is 48.3 Å². The highest BCUT2D eigenvalue weighted by molar-refractivity contribution is 5.94. The Balaban J connectivity index is 0.000000982. The lowest BCUT2D eigenvalue weighted by molar-refractivity contribution is -0.121. The second-order valence-electron chi connectivity index (χ2n) is 3.80. The van der Waals surface area contributed by atoms with Crippen LogP contribution in [0.1, 0.15) is 19.8 Å². The Morgan fingerprint density at radius 3 is 2.74 bits per heavy atom. The molecule has 0 spiro atoms. The molecule has 1 aliphatic rings. The Bertz CT molecular complexity index is 351. The zero-order valence-electron chi connectivity index (χ0n) is 11.1. The number of imide groups is 1. The molecule has 0 aromatic heterocycles. The number of hydrogen-bond donors (Lipinski definition) is 2. The number of ether oxygens (including phenoxy) is 1. The number of nitrogens with zero attached hydrogens (tertiary/aromatic N) is 2. The lowest BCUT2D eigenvalue weighted by Crippen LogP contribution is -2.28. The van der Waals surface area contributed by atoms with Gasteiger partial charge in [0.1, 0.15) is 6.23 Å². The van der Waals surface area contributed by atoms with Gasteiger partial charge >= 0.3 is 0 Å². The highest BCUT2D eigenvalue weighted by atomic mass is 16.5. The van der Waals surface area contributed by atoms with Crippen molar-refractivity contribution in [1.29, 1.82) is 5.26 Å². The fourth-order valence-corrected chi connectivity index (χ4v) is 1.51. The second-order valence-corrected chi connectivity index (χ2v) is 3.80. The molecular weight excluding hydrogens is 250 g/mol. The van der Waals surface area contributed by atoms with E-state index in [-0.39, 0.29) is 18.9 Å². The van der Waals surface area contributed by atoms with E-state index < -0.39 is 5.91 Å². The van der Waals surface area contributed by atoms with Gasteiger partial charge in [-0.2, -0.15) is 5.26 Å². The summed E-state index contributed by atoms with van der Waals surface area (Å²) in [5, 5.41) is 18.2. The van der Waals surface area contributed by atoms with Crippen molar-refractivity contribution >= 4 is 12.3 Å². The van der Waals surface area contributed by atoms with Crippen molar-refractivity contribution in [3.63, 3.8) is 0 Å². The predicted octanol–water partition coefficient (Wildman–Crippen LogP) is -0.268. The van der Waals surface area contributed by atoms with Crippen molar-refractivity contribution in [2.45, 2.75) is 32.1 Å². The van der Waals surface area contributed by atoms with Gasteiger partial charge in [0.05, 0.1) is 18.8 Å². The first-order valence-electron chi connectivity index (χ1n) is 5.80. The molecule has 2 atom stereocenters. The van der Waals surface area contributed by atoms with E-state index in [2.05, 4.69) is 0 Å². The maximum Gasteiger partial charge on any atom is 0.251 e. The van der Waals surface area contributed by atoms with E-state index >= 15 is 0 Å². The standard InChI is InChI=1S/C10H16N2O4.C2H3N/c1-12(5-4-9(15)11-7-14)10-3-2-8(6-13)16-10;1-2-3/h4-5,7-8,10,13H,2-3,6H2,1H3,(H,11,14,15);1H3/b5-4-;. The summed E-state index contributed by atoms with van der Waals surface area (Å²) in [6, 6.07) is 1.75. The number of carbonyl (C=O) groups is 2. The number of nitrogens with one attached hydrogen (secondary N) is 1. The highest BCUT2D eigenvalue weighted by Gasteiger charge is 2.26. The zero-order valence-corrected chi connectivity index (χ0v) is 11.1. The lowest BCUT2D eigenvalue weighted by Gasteiger charge is -2.22. The second kappa shape index (κ2) is 10.1. The Kier molecular flexibility index (Phi) is 9.04. The third kappa shape index (κ3) is 7.18. The number of carbonyl (C=O) groups excluding carboxylic acids is 2. The normalized spacial score (nSPS) is 21.2. The molecule has 7 heteroatoms. The molecule has 0 bridgehead atoms. The molecule has 1 fully saturated rings. The number of amides is 2. The molecule has 2 N–H and O–H groups in total. The van der Waals surface area contributed by atoms with Gasteiger partial charge in [-0.3, -0.25) is 14.9 Å². The van der Waals surface area contributed by atoms with Gasteiger partial charge in [-0.05, 0) is 12.8 Å². The largest absolute Gasteiger partial charge is 0.394 e. The van der Waals surface area contributed by atoms with Crippen LogP contribution in [0.4, 0.5) is 0 Å². The van der Waals surface area contributed by atoms with Gasteiger partial charge < -0.3 is 14.7 Å². The number of aliphatic hydroxyl groups is 1. The molecule has 0 radical (unpaired) electrons. The summed E-state index contributed by atoms with van der Waals surface area (Å²) in [5.41, 5.74) is 0. The van der Waals surface area contributed by atoms with Crippen LogP contribution >= 0.6 is 0 Å². The first-order chi connectivity index (χ1) is 9.08. The van der Waals surface area contributed by atoms with Crippen LogP contribution in [0.5, 0.6) is 0 Å². The van der Waals surface area contributed by atoms with E-state index in [4.69, 9.17) is 15.1 Å². The van der Waals surface area contributed by atoms with Crippen molar-refractivity contribution in [2.24, 2.45) is 0 Å². The number of nitriles is 1. The van der Waals surface area contributed by atoms with Crippen LogP contribution in [0.25, 0.3) is 0 Å². The predicted molar refractivity (Wildman–Crippen MR) is 67.4 cm³/mol. The first-order valence-corrected chi connectivity index (χ1v) is 5.80. The third-order valence-electron chi connectivity index (χ3n) is 2.41. The van der Waals surface area contributed by atoms with Crippen LogP contribution < -0.4 is 5.32 Å². The van der Waals surface area contributed by atoms with Crippen LogP contribution in [0.15, 0.2) is 12.3 Å². The quantitative estimate of drug-likeness (QED) is 0.526. The molecule has 0 saturated carbocycles. The van der Waals surface area contributed by atoms with Crippen LogP contribution in [-0.2, 0) is 14.3 Å². The van der Waals surface area contributed by atoms with Gasteiger partial charge in [0.2, 0.25) is 6.41 Å². The highest BCUT2D eigenvalue weighted by Crippen LogP contribution is 2.21. The average Bonchev–Trinajstić information content (AvgIpc) is 2.86. The molecule has 1 rings (SSSR count). The number of rotatable bonds is 5. The number of aliphatic hydroxyl groups excluding tert-OH is 1. The topological polar surface area (TPSA) is 103 Å². The van der Waals surface area contributed by atoms with Crippen LogP contribution in [0, 0.1) is 11.3 Å². The molecule has 0 aliphatic carbocycles. The third-order valence-corrected chi connectivity index (χ3v) is 2.41. The smallest absolute Gasteiger partial charge is 0.251 e. The maximum absolute atomic E-state index is 10.9. The molecule has 1 saturated heterocycles. The van der Waals surface area contributed by atoms with Crippen LogP contribution in [0.3, 0.4) is 0 Å². The van der Waals surface area contributed by atoms with E-state index in [0.717, 1.165) is 12.8 Å². The summed E-state index contributed by atoms with van der Waals surface area (Å²) in [7, 11) is 1.77. The molecule has 106 valence electrons. The van der Waals surface area contributed by atoms with Gasteiger partial charge in [0, 0.05) is 26.2 Å². The fraction of sp³-hybridized carbons (Fsp3) is 0.583.